The summed E-state index contributed by atoms with van der Waals surface area (Å²) < 4.78 is 33.0. The van der Waals surface area contributed by atoms with Crippen LogP contribution in [0.4, 0.5) is 11.4 Å². The number of amides is 1. The summed E-state index contributed by atoms with van der Waals surface area (Å²) in [6, 6.07) is 14.9. The van der Waals surface area contributed by atoms with E-state index in [-0.39, 0.29) is 10.8 Å². The molecule has 3 rings (SSSR count). The van der Waals surface area contributed by atoms with E-state index < -0.39 is 10.0 Å². The van der Waals surface area contributed by atoms with Crippen molar-refractivity contribution < 1.29 is 17.9 Å². The highest BCUT2D eigenvalue weighted by atomic mass is 32.2. The summed E-state index contributed by atoms with van der Waals surface area (Å²) in [6.07, 6.45) is 0.331. The molecule has 0 aliphatic carbocycles. The number of hydrogen-bond acceptors (Lipinski definition) is 6. The fourth-order valence-corrected chi connectivity index (χ4v) is 5.85. The molecule has 9 heteroatoms. The molecule has 0 aromatic heterocycles. The van der Waals surface area contributed by atoms with Gasteiger partial charge in [0, 0.05) is 43.2 Å². The summed E-state index contributed by atoms with van der Waals surface area (Å²) in [5, 5.41) is 2.96. The van der Waals surface area contributed by atoms with Crippen molar-refractivity contribution >= 4 is 39.1 Å². The molecule has 0 saturated carbocycles. The molecule has 1 aliphatic rings. The fourth-order valence-electron chi connectivity index (χ4n) is 3.54. The number of carbonyl (C=O) groups is 1. The zero-order chi connectivity index (χ0) is 23.0. The lowest BCUT2D eigenvalue weighted by molar-refractivity contribution is -0.115. The van der Waals surface area contributed by atoms with Crippen LogP contribution < -0.4 is 10.2 Å². The van der Waals surface area contributed by atoms with Crippen molar-refractivity contribution in [2.45, 2.75) is 30.1 Å². The lowest BCUT2D eigenvalue weighted by atomic mass is 10.2. The lowest BCUT2D eigenvalue weighted by Crippen LogP contribution is -2.40. The molecule has 1 saturated heterocycles. The van der Waals surface area contributed by atoms with E-state index in [1.165, 1.54) is 4.31 Å². The van der Waals surface area contributed by atoms with Crippen LogP contribution in [0.1, 0.15) is 20.3 Å². The van der Waals surface area contributed by atoms with Gasteiger partial charge in [-0.3, -0.25) is 4.79 Å². The van der Waals surface area contributed by atoms with Crippen molar-refractivity contribution in [1.82, 2.24) is 4.31 Å². The molecular formula is C23H31N3O4S2. The quantitative estimate of drug-likeness (QED) is 0.526. The van der Waals surface area contributed by atoms with Gasteiger partial charge in [-0.05, 0) is 44.2 Å². The van der Waals surface area contributed by atoms with Gasteiger partial charge in [0.05, 0.1) is 29.5 Å². The van der Waals surface area contributed by atoms with Crippen LogP contribution in [0.3, 0.4) is 0 Å². The Hall–Kier alpha value is -2.07. The lowest BCUT2D eigenvalue weighted by Gasteiger charge is -2.28. The number of morpholine rings is 1. The largest absolute Gasteiger partial charge is 0.379 e. The van der Waals surface area contributed by atoms with Crippen molar-refractivity contribution in [2.75, 3.05) is 55.4 Å². The first-order valence-electron chi connectivity index (χ1n) is 10.9. The molecular weight excluding hydrogens is 446 g/mol. The third-order valence-corrected chi connectivity index (χ3v) is 8.20. The zero-order valence-electron chi connectivity index (χ0n) is 18.6. The van der Waals surface area contributed by atoms with Crippen LogP contribution in [-0.2, 0) is 19.6 Å². The van der Waals surface area contributed by atoms with E-state index in [1.807, 2.05) is 44.2 Å². The monoisotopic (exact) mass is 477 g/mol. The molecule has 0 bridgehead atoms. The second-order valence-corrected chi connectivity index (χ2v) is 10.4. The predicted molar refractivity (Wildman–Crippen MR) is 130 cm³/mol. The first kappa shape index (κ1) is 24.6. The minimum atomic E-state index is -3.65. The smallest absolute Gasteiger partial charge is 0.243 e. The second kappa shape index (κ2) is 11.7. The molecule has 1 N–H and O–H groups in total. The van der Waals surface area contributed by atoms with Gasteiger partial charge >= 0.3 is 0 Å². The summed E-state index contributed by atoms with van der Waals surface area (Å²) in [5.74, 6) is 0.505. The second-order valence-electron chi connectivity index (χ2n) is 7.33. The van der Waals surface area contributed by atoms with Crippen molar-refractivity contribution in [1.29, 1.82) is 0 Å². The number of carbonyl (C=O) groups excluding carboxylic acids is 1. The Bertz CT molecular complexity index is 990. The molecule has 0 radical (unpaired) electrons. The van der Waals surface area contributed by atoms with Crippen molar-refractivity contribution in [3.8, 4) is 0 Å². The van der Waals surface area contributed by atoms with Crippen molar-refractivity contribution in [3.63, 3.8) is 0 Å². The van der Waals surface area contributed by atoms with E-state index in [0.717, 1.165) is 23.7 Å². The Balaban J connectivity index is 1.77. The van der Waals surface area contributed by atoms with Crippen LogP contribution in [0.25, 0.3) is 0 Å². The Morgan fingerprint density at radius 3 is 2.44 bits per heavy atom. The molecule has 0 atom stereocenters. The first-order chi connectivity index (χ1) is 15.5. The van der Waals surface area contributed by atoms with Crippen LogP contribution in [0.2, 0.25) is 0 Å². The summed E-state index contributed by atoms with van der Waals surface area (Å²) in [7, 11) is -3.65. The molecule has 0 spiro atoms. The fraction of sp³-hybridized carbons (Fsp3) is 0.435. The highest BCUT2D eigenvalue weighted by molar-refractivity contribution is 7.99. The zero-order valence-corrected chi connectivity index (χ0v) is 20.3. The SMILES string of the molecule is CCN(CC)c1ccc(S(=O)(=O)N2CCOCC2)cc1NC(=O)CCSc1ccccc1. The maximum absolute atomic E-state index is 13.1. The summed E-state index contributed by atoms with van der Waals surface area (Å²) in [4.78, 5) is 16.1. The summed E-state index contributed by atoms with van der Waals surface area (Å²) in [5.41, 5.74) is 1.35. The standard InChI is InChI=1S/C23H31N3O4S2/c1-3-25(4-2)22-11-10-20(32(28,29)26-13-15-30-16-14-26)18-21(22)24-23(27)12-17-31-19-8-6-5-7-9-19/h5-11,18H,3-4,12-17H2,1-2H3,(H,24,27). The van der Waals surface area contributed by atoms with Crippen LogP contribution in [0, 0.1) is 0 Å². The molecule has 1 heterocycles. The van der Waals surface area contributed by atoms with Crippen molar-refractivity contribution in [2.24, 2.45) is 0 Å². The van der Waals surface area contributed by atoms with Gasteiger partial charge in [-0.2, -0.15) is 4.31 Å². The highest BCUT2D eigenvalue weighted by Gasteiger charge is 2.27. The van der Waals surface area contributed by atoms with Gasteiger partial charge in [-0.25, -0.2) is 8.42 Å². The highest BCUT2D eigenvalue weighted by Crippen LogP contribution is 2.31. The third-order valence-electron chi connectivity index (χ3n) is 5.30. The van der Waals surface area contributed by atoms with E-state index in [2.05, 4.69) is 10.2 Å². The number of anilines is 2. The van der Waals surface area contributed by atoms with Gasteiger partial charge in [-0.15, -0.1) is 11.8 Å². The number of rotatable bonds is 10. The molecule has 7 nitrogen and oxygen atoms in total. The Kier molecular flexibility index (Phi) is 8.98. The Labute approximate surface area is 195 Å². The molecule has 0 unspecified atom stereocenters. The molecule has 1 fully saturated rings. The summed E-state index contributed by atoms with van der Waals surface area (Å²) in [6.45, 7) is 7.00. The number of hydrogen-bond donors (Lipinski definition) is 1. The molecule has 2 aromatic rings. The van der Waals surface area contributed by atoms with Gasteiger partial charge in [-0.1, -0.05) is 18.2 Å². The average Bonchev–Trinajstić information content (AvgIpc) is 2.82. The van der Waals surface area contributed by atoms with Crippen LogP contribution in [0.5, 0.6) is 0 Å². The number of nitrogens with zero attached hydrogens (tertiary/aromatic N) is 2. The van der Waals surface area contributed by atoms with Gasteiger partial charge in [0.15, 0.2) is 0 Å². The van der Waals surface area contributed by atoms with Crippen molar-refractivity contribution in [3.05, 3.63) is 48.5 Å². The summed E-state index contributed by atoms with van der Waals surface area (Å²) >= 11 is 1.62. The number of benzene rings is 2. The molecule has 1 amide bonds. The van der Waals surface area contributed by atoms with Crippen LogP contribution >= 0.6 is 11.8 Å². The molecule has 32 heavy (non-hydrogen) atoms. The van der Waals surface area contributed by atoms with E-state index in [0.29, 0.717) is 44.2 Å². The van der Waals surface area contributed by atoms with Crippen LogP contribution in [-0.4, -0.2) is 63.8 Å². The van der Waals surface area contributed by atoms with Gasteiger partial charge in [0.1, 0.15) is 0 Å². The van der Waals surface area contributed by atoms with E-state index >= 15 is 0 Å². The number of nitrogens with one attached hydrogen (secondary N) is 1. The number of ether oxygens (including phenoxy) is 1. The maximum Gasteiger partial charge on any atom is 0.243 e. The average molecular weight is 478 g/mol. The Morgan fingerprint density at radius 1 is 1.09 bits per heavy atom. The molecule has 1 aliphatic heterocycles. The van der Waals surface area contributed by atoms with Gasteiger partial charge < -0.3 is 15.0 Å². The topological polar surface area (TPSA) is 79.0 Å². The minimum absolute atomic E-state index is 0.136. The van der Waals surface area contributed by atoms with E-state index in [1.54, 1.807) is 30.0 Å². The van der Waals surface area contributed by atoms with Crippen LogP contribution in [0.15, 0.2) is 58.3 Å². The molecule has 174 valence electrons. The first-order valence-corrected chi connectivity index (χ1v) is 13.3. The number of sulfonamides is 1. The normalized spacial score (nSPS) is 14.8. The predicted octanol–water partition coefficient (Wildman–Crippen LogP) is 3.67. The molecule has 2 aromatic carbocycles. The van der Waals surface area contributed by atoms with Gasteiger partial charge in [0.25, 0.3) is 0 Å². The third kappa shape index (κ3) is 6.25. The van der Waals surface area contributed by atoms with Gasteiger partial charge in [0.2, 0.25) is 15.9 Å². The minimum Gasteiger partial charge on any atom is -0.379 e. The maximum atomic E-state index is 13.1. The van der Waals surface area contributed by atoms with E-state index in [4.69, 9.17) is 4.74 Å². The Morgan fingerprint density at radius 2 is 1.78 bits per heavy atom. The number of thioether (sulfide) groups is 1. The van der Waals surface area contributed by atoms with E-state index in [9.17, 15) is 13.2 Å².